The summed E-state index contributed by atoms with van der Waals surface area (Å²) in [5.41, 5.74) is 6.02. The number of methoxy groups -OCH3 is 2. The van der Waals surface area contributed by atoms with Crippen LogP contribution in [0.1, 0.15) is 37.1 Å². The molecule has 2 aliphatic heterocycles. The van der Waals surface area contributed by atoms with Crippen molar-refractivity contribution < 1.29 is 18.9 Å². The van der Waals surface area contributed by atoms with Crippen LogP contribution in [0, 0.1) is 0 Å². The lowest BCUT2D eigenvalue weighted by Gasteiger charge is -2.24. The zero-order valence-electron chi connectivity index (χ0n) is 26.2. The Morgan fingerprint density at radius 2 is 1.46 bits per heavy atom. The van der Waals surface area contributed by atoms with Gasteiger partial charge in [-0.3, -0.25) is 9.97 Å². The van der Waals surface area contributed by atoms with Crippen LogP contribution in [0.4, 0.5) is 0 Å². The Labute approximate surface area is 280 Å². The summed E-state index contributed by atoms with van der Waals surface area (Å²) in [7, 11) is 3.30. The molecule has 0 unspecified atom stereocenters. The van der Waals surface area contributed by atoms with Crippen molar-refractivity contribution in [1.29, 1.82) is 0 Å². The van der Waals surface area contributed by atoms with Gasteiger partial charge >= 0.3 is 0 Å². The standard InChI is InChI=1S/C35H39Cl2N5O4/c1-43-30-17-23(19-41-28(30)20-39-24-8-13-45-14-9-24)26-6-3-7-27(32(26)36)31-33(37)34(22-5-4-12-38-18-22)42-29(35(31)44-2)21-40-25-10-15-46-16-11-25/h3-7,12,17-19,24-25,39-40H,8-11,13-16,20-21H2,1-2H3. The van der Waals surface area contributed by atoms with E-state index in [1.54, 1.807) is 26.6 Å². The van der Waals surface area contributed by atoms with Gasteiger partial charge in [-0.2, -0.15) is 0 Å². The van der Waals surface area contributed by atoms with E-state index in [4.69, 9.17) is 52.1 Å². The van der Waals surface area contributed by atoms with Crippen molar-refractivity contribution in [3.63, 3.8) is 0 Å². The van der Waals surface area contributed by atoms with Gasteiger partial charge < -0.3 is 29.6 Å². The van der Waals surface area contributed by atoms with E-state index in [2.05, 4.69) is 15.6 Å². The molecule has 0 radical (unpaired) electrons. The van der Waals surface area contributed by atoms with E-state index in [0.29, 0.717) is 58.0 Å². The molecule has 0 bridgehead atoms. The van der Waals surface area contributed by atoms with Gasteiger partial charge in [0, 0.05) is 98.0 Å². The van der Waals surface area contributed by atoms with Gasteiger partial charge in [0.15, 0.2) is 5.75 Å². The van der Waals surface area contributed by atoms with E-state index in [1.165, 1.54) is 0 Å². The third kappa shape index (κ3) is 7.30. The van der Waals surface area contributed by atoms with Crippen LogP contribution < -0.4 is 20.1 Å². The monoisotopic (exact) mass is 663 g/mol. The first-order chi connectivity index (χ1) is 22.6. The van der Waals surface area contributed by atoms with Crippen molar-refractivity contribution in [3.05, 3.63) is 76.4 Å². The normalized spacial score (nSPS) is 16.0. The van der Waals surface area contributed by atoms with Crippen LogP contribution in [-0.4, -0.2) is 67.7 Å². The molecule has 242 valence electrons. The largest absolute Gasteiger partial charge is 0.495 e. The molecule has 4 aromatic rings. The summed E-state index contributed by atoms with van der Waals surface area (Å²) < 4.78 is 22.8. The van der Waals surface area contributed by atoms with Gasteiger partial charge in [0.1, 0.15) is 5.75 Å². The predicted molar refractivity (Wildman–Crippen MR) is 181 cm³/mol. The molecule has 0 atom stereocenters. The average molecular weight is 665 g/mol. The van der Waals surface area contributed by atoms with Gasteiger partial charge in [-0.25, -0.2) is 4.98 Å². The van der Waals surface area contributed by atoms with Gasteiger partial charge in [-0.05, 0) is 43.9 Å². The Balaban J connectivity index is 1.38. The summed E-state index contributed by atoms with van der Waals surface area (Å²) in [6, 6.07) is 12.4. The smallest absolute Gasteiger partial charge is 0.151 e. The predicted octanol–water partition coefficient (Wildman–Crippen LogP) is 6.73. The average Bonchev–Trinajstić information content (AvgIpc) is 3.11. The molecular weight excluding hydrogens is 625 g/mol. The van der Waals surface area contributed by atoms with E-state index in [9.17, 15) is 0 Å². The third-order valence-electron chi connectivity index (χ3n) is 8.59. The number of nitrogens with zero attached hydrogens (tertiary/aromatic N) is 3. The van der Waals surface area contributed by atoms with E-state index in [0.717, 1.165) is 85.8 Å². The minimum Gasteiger partial charge on any atom is -0.495 e. The molecule has 0 amide bonds. The third-order valence-corrected chi connectivity index (χ3v) is 9.37. The second kappa shape index (κ2) is 15.5. The van der Waals surface area contributed by atoms with Crippen LogP contribution >= 0.6 is 23.2 Å². The molecular formula is C35H39Cl2N5O4. The lowest BCUT2D eigenvalue weighted by Crippen LogP contribution is -2.34. The maximum Gasteiger partial charge on any atom is 0.151 e. The molecule has 0 saturated carbocycles. The van der Waals surface area contributed by atoms with Gasteiger partial charge in [0.05, 0.1) is 41.3 Å². The van der Waals surface area contributed by atoms with E-state index < -0.39 is 0 Å². The van der Waals surface area contributed by atoms with Crippen LogP contribution in [0.15, 0.2) is 55.0 Å². The second-order valence-corrected chi connectivity index (χ2v) is 12.2. The molecule has 0 spiro atoms. The number of hydrogen-bond acceptors (Lipinski definition) is 9. The number of pyridine rings is 3. The summed E-state index contributed by atoms with van der Waals surface area (Å²) >= 11 is 14.5. The lowest BCUT2D eigenvalue weighted by atomic mass is 9.96. The molecule has 2 saturated heterocycles. The quantitative estimate of drug-likeness (QED) is 0.181. The number of ether oxygens (including phenoxy) is 4. The summed E-state index contributed by atoms with van der Waals surface area (Å²) in [6.45, 7) is 4.13. The zero-order chi connectivity index (χ0) is 31.9. The molecule has 9 nitrogen and oxygen atoms in total. The molecule has 0 aliphatic carbocycles. The Morgan fingerprint density at radius 3 is 2.09 bits per heavy atom. The van der Waals surface area contributed by atoms with Crippen LogP contribution in [-0.2, 0) is 22.6 Å². The number of halogens is 2. The highest BCUT2D eigenvalue weighted by molar-refractivity contribution is 6.39. The Morgan fingerprint density at radius 1 is 0.783 bits per heavy atom. The molecule has 2 aliphatic rings. The first kappa shape index (κ1) is 32.6. The van der Waals surface area contributed by atoms with Crippen LogP contribution in [0.2, 0.25) is 10.0 Å². The van der Waals surface area contributed by atoms with Crippen molar-refractivity contribution >= 4 is 23.2 Å². The number of hydrogen-bond donors (Lipinski definition) is 2. The second-order valence-electron chi connectivity index (χ2n) is 11.4. The molecule has 2 N–H and O–H groups in total. The number of aromatic nitrogens is 3. The number of benzene rings is 1. The minimum absolute atomic E-state index is 0.325. The molecule has 5 heterocycles. The van der Waals surface area contributed by atoms with Gasteiger partial charge in [-0.15, -0.1) is 0 Å². The highest BCUT2D eigenvalue weighted by Gasteiger charge is 2.26. The summed E-state index contributed by atoms with van der Waals surface area (Å²) in [5.74, 6) is 1.26. The molecule has 46 heavy (non-hydrogen) atoms. The Kier molecular flexibility index (Phi) is 11.0. The SMILES string of the molecule is COc1cc(-c2cccc(-c3c(Cl)c(-c4cccnc4)nc(CNC4CCOCC4)c3OC)c2Cl)cnc1CNC1CCOCC1. The summed E-state index contributed by atoms with van der Waals surface area (Å²) in [4.78, 5) is 14.1. The first-order valence-corrected chi connectivity index (χ1v) is 16.4. The number of rotatable bonds is 11. The van der Waals surface area contributed by atoms with Crippen molar-refractivity contribution in [1.82, 2.24) is 25.6 Å². The van der Waals surface area contributed by atoms with Crippen molar-refractivity contribution in [2.75, 3.05) is 40.6 Å². The molecule has 2 fully saturated rings. The highest BCUT2D eigenvalue weighted by atomic mass is 35.5. The van der Waals surface area contributed by atoms with E-state index >= 15 is 0 Å². The summed E-state index contributed by atoms with van der Waals surface area (Å²) in [5, 5.41) is 8.19. The lowest BCUT2D eigenvalue weighted by molar-refractivity contribution is 0.0773. The fraction of sp³-hybridized carbons (Fsp3) is 0.400. The van der Waals surface area contributed by atoms with Gasteiger partial charge in [0.25, 0.3) is 0 Å². The Bertz CT molecular complexity index is 1630. The van der Waals surface area contributed by atoms with Crippen LogP contribution in [0.3, 0.4) is 0 Å². The van der Waals surface area contributed by atoms with Gasteiger partial charge in [-0.1, -0.05) is 41.4 Å². The minimum atomic E-state index is 0.325. The fourth-order valence-corrected chi connectivity index (χ4v) is 6.70. The number of nitrogens with one attached hydrogen (secondary N) is 2. The van der Waals surface area contributed by atoms with Crippen molar-refractivity contribution in [2.45, 2.75) is 50.9 Å². The van der Waals surface area contributed by atoms with Crippen molar-refractivity contribution in [2.24, 2.45) is 0 Å². The summed E-state index contributed by atoms with van der Waals surface area (Å²) in [6.07, 6.45) is 9.17. The van der Waals surface area contributed by atoms with E-state index in [1.807, 2.05) is 42.6 Å². The first-order valence-electron chi connectivity index (χ1n) is 15.7. The Hall–Kier alpha value is -3.31. The maximum atomic E-state index is 7.26. The van der Waals surface area contributed by atoms with E-state index in [-0.39, 0.29) is 0 Å². The van der Waals surface area contributed by atoms with Gasteiger partial charge in [0.2, 0.25) is 0 Å². The highest BCUT2D eigenvalue weighted by Crippen LogP contribution is 2.47. The van der Waals surface area contributed by atoms with Crippen LogP contribution in [0.5, 0.6) is 11.5 Å². The van der Waals surface area contributed by atoms with Crippen molar-refractivity contribution in [3.8, 4) is 45.0 Å². The molecule has 3 aromatic heterocycles. The maximum absolute atomic E-state index is 7.26. The molecule has 11 heteroatoms. The molecule has 1 aromatic carbocycles. The van der Waals surface area contributed by atoms with Crippen LogP contribution in [0.25, 0.3) is 33.5 Å². The zero-order valence-corrected chi connectivity index (χ0v) is 27.7. The molecule has 6 rings (SSSR count). The fourth-order valence-electron chi connectivity index (χ4n) is 6.03. The topological polar surface area (TPSA) is 99.7 Å².